The molecule has 2 rings (SSSR count). The minimum atomic E-state index is -1.42. The van der Waals surface area contributed by atoms with Crippen LogP contribution in [0.4, 0.5) is 0 Å². The number of ether oxygens (including phenoxy) is 1. The van der Waals surface area contributed by atoms with Gasteiger partial charge in [0.2, 0.25) is 0 Å². The van der Waals surface area contributed by atoms with Crippen molar-refractivity contribution in [3.63, 3.8) is 0 Å². The largest absolute Gasteiger partial charge is 0.494 e. The summed E-state index contributed by atoms with van der Waals surface area (Å²) in [6.45, 7) is 7.62. The molecule has 0 bridgehead atoms. The lowest BCUT2D eigenvalue weighted by Crippen LogP contribution is -2.29. The van der Waals surface area contributed by atoms with E-state index in [0.717, 1.165) is 35.8 Å². The molecule has 3 nitrogen and oxygen atoms in total. The maximum absolute atomic E-state index is 9.15. The highest BCUT2D eigenvalue weighted by molar-refractivity contribution is 6.58. The molecule has 0 aliphatic rings. The predicted octanol–water partition coefficient (Wildman–Crippen LogP) is 4.26. The van der Waals surface area contributed by atoms with E-state index >= 15 is 0 Å². The van der Waals surface area contributed by atoms with Crippen LogP contribution in [0.5, 0.6) is 5.75 Å². The highest BCUT2D eigenvalue weighted by Crippen LogP contribution is 2.22. The second kappa shape index (κ2) is 10.4. The molecule has 0 saturated carbocycles. The molecule has 0 aromatic heterocycles. The average Bonchev–Trinajstić information content (AvgIpc) is 2.62. The quantitative estimate of drug-likeness (QED) is 0.627. The maximum atomic E-state index is 9.15. The summed E-state index contributed by atoms with van der Waals surface area (Å²) in [5.41, 5.74) is 2.62. The van der Waals surface area contributed by atoms with Crippen molar-refractivity contribution in [3.8, 4) is 16.9 Å². The first-order valence-corrected chi connectivity index (χ1v) is 9.65. The van der Waals surface area contributed by atoms with Crippen LogP contribution >= 0.6 is 0 Å². The zero-order valence-electron chi connectivity index (χ0n) is 16.2. The van der Waals surface area contributed by atoms with Crippen LogP contribution in [0.2, 0.25) is 0 Å². The van der Waals surface area contributed by atoms with Crippen molar-refractivity contribution in [3.05, 3.63) is 48.5 Å². The van der Waals surface area contributed by atoms with Crippen molar-refractivity contribution in [2.24, 2.45) is 11.8 Å². The second-order valence-corrected chi connectivity index (χ2v) is 7.59. The Labute approximate surface area is 158 Å². The van der Waals surface area contributed by atoms with Gasteiger partial charge >= 0.3 is 7.12 Å². The van der Waals surface area contributed by atoms with Gasteiger partial charge in [-0.1, -0.05) is 76.4 Å². The highest BCUT2D eigenvalue weighted by Gasteiger charge is 2.10. The van der Waals surface area contributed by atoms with E-state index in [1.54, 1.807) is 12.1 Å². The van der Waals surface area contributed by atoms with Gasteiger partial charge < -0.3 is 14.8 Å². The molecule has 0 heterocycles. The third-order valence-corrected chi connectivity index (χ3v) is 4.75. The van der Waals surface area contributed by atoms with Crippen LogP contribution in [-0.2, 0) is 0 Å². The number of hydrogen-bond donors (Lipinski definition) is 2. The fourth-order valence-corrected chi connectivity index (χ4v) is 2.99. The van der Waals surface area contributed by atoms with Crippen LogP contribution in [-0.4, -0.2) is 23.8 Å². The minimum absolute atomic E-state index is 0.496. The molecule has 140 valence electrons. The summed E-state index contributed by atoms with van der Waals surface area (Å²) in [6.07, 6.45) is 4.98. The first kappa shape index (κ1) is 20.5. The van der Waals surface area contributed by atoms with E-state index in [0.29, 0.717) is 11.4 Å². The fourth-order valence-electron chi connectivity index (χ4n) is 2.99. The predicted molar refractivity (Wildman–Crippen MR) is 110 cm³/mol. The Morgan fingerprint density at radius 1 is 0.808 bits per heavy atom. The van der Waals surface area contributed by atoms with Crippen molar-refractivity contribution in [2.75, 3.05) is 6.61 Å². The zero-order chi connectivity index (χ0) is 18.9. The van der Waals surface area contributed by atoms with Crippen molar-refractivity contribution >= 4 is 12.6 Å². The van der Waals surface area contributed by atoms with Gasteiger partial charge in [-0.05, 0) is 47.0 Å². The van der Waals surface area contributed by atoms with E-state index in [4.69, 9.17) is 14.8 Å². The van der Waals surface area contributed by atoms with Crippen molar-refractivity contribution < 1.29 is 14.8 Å². The Kier molecular flexibility index (Phi) is 8.21. The monoisotopic (exact) mass is 354 g/mol. The second-order valence-electron chi connectivity index (χ2n) is 7.59. The first-order valence-electron chi connectivity index (χ1n) is 9.65. The molecule has 2 N–H and O–H groups in total. The van der Waals surface area contributed by atoms with Crippen LogP contribution in [0.25, 0.3) is 11.1 Å². The van der Waals surface area contributed by atoms with E-state index < -0.39 is 7.12 Å². The Hall–Kier alpha value is -1.78. The van der Waals surface area contributed by atoms with Gasteiger partial charge in [-0.3, -0.25) is 0 Å². The van der Waals surface area contributed by atoms with Crippen molar-refractivity contribution in [1.29, 1.82) is 0 Å². The Morgan fingerprint density at radius 2 is 1.38 bits per heavy atom. The van der Waals surface area contributed by atoms with Crippen molar-refractivity contribution in [1.82, 2.24) is 0 Å². The summed E-state index contributed by atoms with van der Waals surface area (Å²) in [5, 5.41) is 18.3. The van der Waals surface area contributed by atoms with Gasteiger partial charge in [0.05, 0.1) is 6.61 Å². The number of benzene rings is 2. The lowest BCUT2D eigenvalue weighted by Gasteiger charge is -2.13. The summed E-state index contributed by atoms with van der Waals surface area (Å²) in [6, 6.07) is 15.3. The lowest BCUT2D eigenvalue weighted by atomic mass is 9.80. The van der Waals surface area contributed by atoms with E-state index in [1.807, 2.05) is 36.4 Å². The van der Waals surface area contributed by atoms with Gasteiger partial charge in [0.15, 0.2) is 0 Å². The summed E-state index contributed by atoms with van der Waals surface area (Å²) >= 11 is 0. The van der Waals surface area contributed by atoms with E-state index in [-0.39, 0.29) is 0 Å². The molecular weight excluding hydrogens is 323 g/mol. The van der Waals surface area contributed by atoms with E-state index in [9.17, 15) is 0 Å². The lowest BCUT2D eigenvalue weighted by molar-refractivity contribution is 0.276. The van der Waals surface area contributed by atoms with Gasteiger partial charge in [-0.25, -0.2) is 0 Å². The number of hydrogen-bond acceptors (Lipinski definition) is 3. The molecular formula is C22H31BO3. The molecule has 0 fully saturated rings. The van der Waals surface area contributed by atoms with Gasteiger partial charge in [0, 0.05) is 0 Å². The average molecular weight is 354 g/mol. The molecule has 0 spiro atoms. The Bertz CT molecular complexity index is 635. The summed E-state index contributed by atoms with van der Waals surface area (Å²) in [4.78, 5) is 0. The van der Waals surface area contributed by atoms with E-state index in [2.05, 4.69) is 20.8 Å². The third-order valence-electron chi connectivity index (χ3n) is 4.75. The number of rotatable bonds is 10. The normalized spacial score (nSPS) is 12.2. The molecule has 4 heteroatoms. The van der Waals surface area contributed by atoms with Gasteiger partial charge in [0.1, 0.15) is 5.75 Å². The SMILES string of the molecule is CC(C)CCCC(C)CCOc1ccc(-c2ccc(B(O)O)cc2)cc1. The van der Waals surface area contributed by atoms with Gasteiger partial charge in [-0.2, -0.15) is 0 Å². The molecule has 0 amide bonds. The molecule has 0 saturated heterocycles. The Morgan fingerprint density at radius 3 is 1.92 bits per heavy atom. The summed E-state index contributed by atoms with van der Waals surface area (Å²) < 4.78 is 5.88. The molecule has 26 heavy (non-hydrogen) atoms. The Balaban J connectivity index is 1.78. The zero-order valence-corrected chi connectivity index (χ0v) is 16.2. The van der Waals surface area contributed by atoms with Crippen molar-refractivity contribution in [2.45, 2.75) is 46.5 Å². The van der Waals surface area contributed by atoms with Crippen LogP contribution in [0.3, 0.4) is 0 Å². The third kappa shape index (κ3) is 6.85. The molecule has 2 aromatic carbocycles. The molecule has 0 aliphatic carbocycles. The fraction of sp³-hybridized carbons (Fsp3) is 0.455. The standard InChI is InChI=1S/C22H31BO3/c1-17(2)5-4-6-18(3)15-16-26-22-13-9-20(10-14-22)19-7-11-21(12-8-19)23(24)25/h7-14,17-18,24-25H,4-6,15-16H2,1-3H3. The van der Waals surface area contributed by atoms with Crippen LogP contribution in [0, 0.1) is 11.8 Å². The van der Waals surface area contributed by atoms with E-state index in [1.165, 1.54) is 19.3 Å². The minimum Gasteiger partial charge on any atom is -0.494 e. The maximum Gasteiger partial charge on any atom is 0.488 e. The van der Waals surface area contributed by atoms with Crippen LogP contribution < -0.4 is 10.2 Å². The molecule has 2 aromatic rings. The molecule has 1 atom stereocenters. The summed E-state index contributed by atoms with van der Waals surface area (Å²) in [5.74, 6) is 2.39. The molecule has 1 unspecified atom stereocenters. The first-order chi connectivity index (χ1) is 12.5. The molecule has 0 radical (unpaired) electrons. The molecule has 0 aliphatic heterocycles. The summed E-state index contributed by atoms with van der Waals surface area (Å²) in [7, 11) is -1.42. The smallest absolute Gasteiger partial charge is 0.488 e. The van der Waals surface area contributed by atoms with Crippen LogP contribution in [0.1, 0.15) is 46.5 Å². The van der Waals surface area contributed by atoms with Crippen LogP contribution in [0.15, 0.2) is 48.5 Å². The van der Waals surface area contributed by atoms with Gasteiger partial charge in [0.25, 0.3) is 0 Å². The topological polar surface area (TPSA) is 49.7 Å². The highest BCUT2D eigenvalue weighted by atomic mass is 16.5. The van der Waals surface area contributed by atoms with Gasteiger partial charge in [-0.15, -0.1) is 0 Å².